The third kappa shape index (κ3) is 3.17. The van der Waals surface area contributed by atoms with E-state index in [-0.39, 0.29) is 17.7 Å². The number of nitrogens with two attached hydrogens (primary N) is 1. The maximum Gasteiger partial charge on any atom is 0.256 e. The first-order valence-corrected chi connectivity index (χ1v) is 7.35. The van der Waals surface area contributed by atoms with Crippen LogP contribution in [-0.4, -0.2) is 47.8 Å². The predicted molar refractivity (Wildman–Crippen MR) is 82.9 cm³/mol. The van der Waals surface area contributed by atoms with Gasteiger partial charge in [0, 0.05) is 37.8 Å². The number of benzene rings is 1. The smallest absolute Gasteiger partial charge is 0.256 e. The molecular weight excluding hydrogens is 266 g/mol. The van der Waals surface area contributed by atoms with E-state index in [1.54, 1.807) is 11.0 Å². The third-order valence-electron chi connectivity index (χ3n) is 3.93. The van der Waals surface area contributed by atoms with E-state index in [1.165, 1.54) is 0 Å². The number of hydrogen-bond acceptors (Lipinski definition) is 3. The second-order valence-corrected chi connectivity index (χ2v) is 5.81. The minimum absolute atomic E-state index is 0.000307. The molecule has 1 aromatic carbocycles. The van der Waals surface area contributed by atoms with Crippen LogP contribution >= 0.6 is 0 Å². The Kier molecular flexibility index (Phi) is 4.50. The molecule has 0 spiro atoms. The van der Waals surface area contributed by atoms with Gasteiger partial charge in [0.05, 0.1) is 5.56 Å². The molecule has 0 atom stereocenters. The summed E-state index contributed by atoms with van der Waals surface area (Å²) in [6, 6.07) is 5.50. The molecule has 0 aromatic heterocycles. The van der Waals surface area contributed by atoms with Gasteiger partial charge < -0.3 is 15.5 Å². The number of hydrogen-bond donors (Lipinski definition) is 1. The maximum atomic E-state index is 12.5. The molecule has 1 aliphatic rings. The van der Waals surface area contributed by atoms with E-state index in [1.807, 2.05) is 37.8 Å². The van der Waals surface area contributed by atoms with Crippen molar-refractivity contribution in [1.29, 1.82) is 0 Å². The fourth-order valence-electron chi connectivity index (χ4n) is 2.53. The van der Waals surface area contributed by atoms with Crippen LogP contribution < -0.4 is 5.73 Å². The van der Waals surface area contributed by atoms with Gasteiger partial charge >= 0.3 is 0 Å². The van der Waals surface area contributed by atoms with Gasteiger partial charge in [-0.1, -0.05) is 26.0 Å². The number of anilines is 1. The maximum absolute atomic E-state index is 12.5. The summed E-state index contributed by atoms with van der Waals surface area (Å²) in [6.07, 6.45) is 0. The molecule has 5 nitrogen and oxygen atoms in total. The first kappa shape index (κ1) is 15.4. The van der Waals surface area contributed by atoms with Gasteiger partial charge in [0.2, 0.25) is 5.91 Å². The Morgan fingerprint density at radius 3 is 2.24 bits per heavy atom. The van der Waals surface area contributed by atoms with Gasteiger partial charge in [-0.25, -0.2) is 0 Å². The first-order valence-electron chi connectivity index (χ1n) is 7.35. The molecule has 1 aliphatic heterocycles. The second kappa shape index (κ2) is 6.16. The normalized spacial score (nSPS) is 15.4. The summed E-state index contributed by atoms with van der Waals surface area (Å²) < 4.78 is 0. The number of amides is 2. The number of para-hydroxylation sites is 1. The lowest BCUT2D eigenvalue weighted by molar-refractivity contribution is -0.135. The molecule has 1 fully saturated rings. The van der Waals surface area contributed by atoms with Crippen molar-refractivity contribution in [3.05, 3.63) is 29.3 Å². The summed E-state index contributed by atoms with van der Waals surface area (Å²) in [5.41, 5.74) is 8.00. The molecule has 5 heteroatoms. The molecule has 2 rings (SSSR count). The number of nitrogen functional groups attached to an aromatic ring is 1. The monoisotopic (exact) mass is 289 g/mol. The molecule has 0 radical (unpaired) electrons. The van der Waals surface area contributed by atoms with Crippen LogP contribution in [0.25, 0.3) is 0 Å². The average Bonchev–Trinajstić information content (AvgIpc) is 2.48. The van der Waals surface area contributed by atoms with Gasteiger partial charge in [-0.2, -0.15) is 0 Å². The Hall–Kier alpha value is -2.04. The predicted octanol–water partition coefficient (Wildman–Crippen LogP) is 1.52. The van der Waals surface area contributed by atoms with E-state index in [2.05, 4.69) is 0 Å². The molecule has 0 bridgehead atoms. The zero-order chi connectivity index (χ0) is 15.6. The number of nitrogens with zero attached hydrogens (tertiary/aromatic N) is 2. The number of carbonyl (C=O) groups is 2. The van der Waals surface area contributed by atoms with Crippen LogP contribution in [0.15, 0.2) is 18.2 Å². The molecular formula is C16H23N3O2. The number of rotatable bonds is 2. The number of aryl methyl sites for hydroxylation is 1. The van der Waals surface area contributed by atoms with Crippen LogP contribution in [0.3, 0.4) is 0 Å². The summed E-state index contributed by atoms with van der Waals surface area (Å²) in [5, 5.41) is 0. The number of piperazine rings is 1. The lowest BCUT2D eigenvalue weighted by Crippen LogP contribution is -2.51. The second-order valence-electron chi connectivity index (χ2n) is 5.81. The molecule has 1 saturated heterocycles. The van der Waals surface area contributed by atoms with Crippen LogP contribution in [0.5, 0.6) is 0 Å². The van der Waals surface area contributed by atoms with Gasteiger partial charge in [0.15, 0.2) is 0 Å². The van der Waals surface area contributed by atoms with Gasteiger partial charge in [-0.05, 0) is 18.6 Å². The Bertz CT molecular complexity index is 546. The van der Waals surface area contributed by atoms with Crippen molar-refractivity contribution >= 4 is 17.5 Å². The lowest BCUT2D eigenvalue weighted by atomic mass is 10.1. The van der Waals surface area contributed by atoms with Gasteiger partial charge in [-0.15, -0.1) is 0 Å². The topological polar surface area (TPSA) is 66.6 Å². The van der Waals surface area contributed by atoms with Crippen LogP contribution in [-0.2, 0) is 4.79 Å². The summed E-state index contributed by atoms with van der Waals surface area (Å²) in [4.78, 5) is 28.1. The third-order valence-corrected chi connectivity index (χ3v) is 3.93. The highest BCUT2D eigenvalue weighted by atomic mass is 16.2. The SMILES string of the molecule is Cc1cccc(C(=O)N2CCN(C(=O)C(C)C)CC2)c1N. The van der Waals surface area contributed by atoms with Crippen molar-refractivity contribution in [3.8, 4) is 0 Å². The van der Waals surface area contributed by atoms with E-state index in [0.717, 1.165) is 5.56 Å². The Balaban J connectivity index is 2.04. The largest absolute Gasteiger partial charge is 0.398 e. The van der Waals surface area contributed by atoms with Crippen molar-refractivity contribution in [2.24, 2.45) is 5.92 Å². The molecule has 2 N–H and O–H groups in total. The van der Waals surface area contributed by atoms with Crippen LogP contribution in [0.4, 0.5) is 5.69 Å². The molecule has 21 heavy (non-hydrogen) atoms. The summed E-state index contributed by atoms with van der Waals surface area (Å²) in [5.74, 6) is 0.102. The van der Waals surface area contributed by atoms with E-state index in [9.17, 15) is 9.59 Å². The zero-order valence-electron chi connectivity index (χ0n) is 12.9. The highest BCUT2D eigenvalue weighted by Gasteiger charge is 2.26. The van der Waals surface area contributed by atoms with E-state index >= 15 is 0 Å². The molecule has 1 aromatic rings. The minimum atomic E-state index is -0.0483. The van der Waals surface area contributed by atoms with Gasteiger partial charge in [-0.3, -0.25) is 9.59 Å². The Morgan fingerprint density at radius 1 is 1.10 bits per heavy atom. The Labute approximate surface area is 125 Å². The zero-order valence-corrected chi connectivity index (χ0v) is 12.9. The summed E-state index contributed by atoms with van der Waals surface area (Å²) in [7, 11) is 0. The van der Waals surface area contributed by atoms with E-state index < -0.39 is 0 Å². The van der Waals surface area contributed by atoms with E-state index in [4.69, 9.17) is 5.73 Å². The molecule has 0 aliphatic carbocycles. The van der Waals surface area contributed by atoms with Crippen LogP contribution in [0.1, 0.15) is 29.8 Å². The number of carbonyl (C=O) groups excluding carboxylic acids is 2. The Morgan fingerprint density at radius 2 is 1.67 bits per heavy atom. The molecule has 0 unspecified atom stereocenters. The fourth-order valence-corrected chi connectivity index (χ4v) is 2.53. The average molecular weight is 289 g/mol. The highest BCUT2D eigenvalue weighted by Crippen LogP contribution is 2.19. The van der Waals surface area contributed by atoms with Crippen molar-refractivity contribution in [3.63, 3.8) is 0 Å². The van der Waals surface area contributed by atoms with E-state index in [0.29, 0.717) is 37.4 Å². The standard InChI is InChI=1S/C16H23N3O2/c1-11(2)15(20)18-7-9-19(10-8-18)16(21)13-6-4-5-12(3)14(13)17/h4-6,11H,7-10,17H2,1-3H3. The van der Waals surface area contributed by atoms with Crippen molar-refractivity contribution in [1.82, 2.24) is 9.80 Å². The van der Waals surface area contributed by atoms with Gasteiger partial charge in [0.1, 0.15) is 0 Å². The fraction of sp³-hybridized carbons (Fsp3) is 0.500. The molecule has 1 heterocycles. The van der Waals surface area contributed by atoms with Crippen molar-refractivity contribution in [2.45, 2.75) is 20.8 Å². The van der Waals surface area contributed by atoms with Crippen LogP contribution in [0.2, 0.25) is 0 Å². The summed E-state index contributed by atoms with van der Waals surface area (Å²) in [6.45, 7) is 7.99. The van der Waals surface area contributed by atoms with Crippen LogP contribution in [0, 0.1) is 12.8 Å². The summed E-state index contributed by atoms with van der Waals surface area (Å²) >= 11 is 0. The molecule has 2 amide bonds. The van der Waals surface area contributed by atoms with Crippen molar-refractivity contribution < 1.29 is 9.59 Å². The molecule has 114 valence electrons. The lowest BCUT2D eigenvalue weighted by Gasteiger charge is -2.35. The molecule has 0 saturated carbocycles. The minimum Gasteiger partial charge on any atom is -0.398 e. The first-order chi connectivity index (χ1) is 9.91. The quantitative estimate of drug-likeness (QED) is 0.839. The highest BCUT2D eigenvalue weighted by molar-refractivity contribution is 5.99. The van der Waals surface area contributed by atoms with Crippen molar-refractivity contribution in [2.75, 3.05) is 31.9 Å². The van der Waals surface area contributed by atoms with Gasteiger partial charge in [0.25, 0.3) is 5.91 Å².